The van der Waals surface area contributed by atoms with Gasteiger partial charge in [-0.2, -0.15) is 0 Å². The van der Waals surface area contributed by atoms with Crippen LogP contribution in [0.1, 0.15) is 6.92 Å². The molecule has 0 saturated carbocycles. The molecule has 7 heterocycles. The molecule has 7 aliphatic rings. The van der Waals surface area contributed by atoms with Crippen LogP contribution < -0.4 is 5.32 Å². The number of hydrogen-bond donors (Lipinski definition) is 23. The van der Waals surface area contributed by atoms with Gasteiger partial charge in [-0.1, -0.05) is 0 Å². The normalized spacial score (nSPS) is 51.9. The largest absolute Gasteiger partial charge is 0.394 e. The third kappa shape index (κ3) is 14.2. The maximum Gasteiger partial charge on any atom is 0.217 e. The molecule has 37 nitrogen and oxygen atoms in total. The molecule has 0 aromatic rings. The molecule has 35 atom stereocenters. The van der Waals surface area contributed by atoms with Gasteiger partial charge in [-0.15, -0.1) is 0 Å². The van der Waals surface area contributed by atoms with Gasteiger partial charge in [0.1, 0.15) is 171 Å². The quantitative estimate of drug-likeness (QED) is 0.0538. The number of aliphatic hydroxyl groups is 22. The van der Waals surface area contributed by atoms with E-state index >= 15 is 0 Å². The van der Waals surface area contributed by atoms with E-state index in [-0.39, 0.29) is 0 Å². The van der Waals surface area contributed by atoms with E-state index in [0.29, 0.717) is 0 Å². The maximum atomic E-state index is 12.1. The average Bonchev–Trinajstić information content (AvgIpc) is 3.62. The predicted octanol–water partition coefficient (Wildman–Crippen LogP) is -16.1. The molecule has 81 heavy (non-hydrogen) atoms. The molecule has 0 radical (unpaired) electrons. The third-order valence-corrected chi connectivity index (χ3v) is 14.9. The molecule has 7 aliphatic heterocycles. The minimum Gasteiger partial charge on any atom is -0.394 e. The van der Waals surface area contributed by atoms with E-state index in [4.69, 9.17) is 61.6 Å². The number of aliphatic hydroxyl groups excluding tert-OH is 22. The van der Waals surface area contributed by atoms with E-state index in [0.717, 1.165) is 6.92 Å². The Hall–Kier alpha value is -1.93. The van der Waals surface area contributed by atoms with E-state index in [1.807, 2.05) is 0 Å². The van der Waals surface area contributed by atoms with Gasteiger partial charge in [0.15, 0.2) is 44.0 Å². The molecule has 23 N–H and O–H groups in total. The van der Waals surface area contributed by atoms with Crippen LogP contribution in [0.2, 0.25) is 0 Å². The van der Waals surface area contributed by atoms with E-state index in [2.05, 4.69) is 5.32 Å². The first-order valence-electron chi connectivity index (χ1n) is 25.6. The van der Waals surface area contributed by atoms with Gasteiger partial charge >= 0.3 is 0 Å². The average molecular weight is 1190 g/mol. The lowest BCUT2D eigenvalue weighted by molar-refractivity contribution is -0.397. The van der Waals surface area contributed by atoms with Crippen molar-refractivity contribution in [3.63, 3.8) is 0 Å². The summed E-state index contributed by atoms with van der Waals surface area (Å²) in [5.41, 5.74) is 0. The second kappa shape index (κ2) is 28.7. The highest BCUT2D eigenvalue weighted by Crippen LogP contribution is 2.37. The molecule has 0 spiro atoms. The van der Waals surface area contributed by atoms with Crippen molar-refractivity contribution in [2.45, 2.75) is 222 Å². The van der Waals surface area contributed by atoms with Crippen LogP contribution in [0.5, 0.6) is 0 Å². The monoisotopic (exact) mass is 1190 g/mol. The van der Waals surface area contributed by atoms with Gasteiger partial charge in [-0.25, -0.2) is 0 Å². The van der Waals surface area contributed by atoms with E-state index in [1.165, 1.54) is 0 Å². The SMILES string of the molecule is CC(=O)N[C@@H]1[C@@H](O)[C@H](O[C@@H]2O[C@H](CO[C@H]3O[C@H](CO[C@H]4O[C@H](CO)[C@@H](O)[C@H](O)[C@@H]4O)[C@@H](O)[C@H](O[C@H]4O[C@H](CO)[C@@H](O)[C@H](O)[C@@H]4O)[C@@H]3O)[C@@H](O)[C@H](O[C@H]3O[C@H](CO)[C@@H](O)[C@H](O)[C@@H]3O[C@H]3O[C@H](CO)[C@@H](O)[C@H](O)[C@@H]3O)[C@@H]2O)[C@@H](CO)O[C@H]1O. The summed E-state index contributed by atoms with van der Waals surface area (Å²) in [6.07, 6.45) is -68.1. The summed E-state index contributed by atoms with van der Waals surface area (Å²) in [6, 6.07) is -1.68. The van der Waals surface area contributed by atoms with Crippen LogP contribution in [0.25, 0.3) is 0 Å². The Balaban J connectivity index is 1.20. The maximum absolute atomic E-state index is 12.1. The van der Waals surface area contributed by atoms with Gasteiger partial charge in [0.2, 0.25) is 5.91 Å². The van der Waals surface area contributed by atoms with Gasteiger partial charge in [-0.05, 0) is 0 Å². The van der Waals surface area contributed by atoms with Crippen molar-refractivity contribution < 1.29 is 179 Å². The number of ether oxygens (including phenoxy) is 13. The molecule has 7 saturated heterocycles. The first kappa shape index (κ1) is 66.6. The molecule has 37 heteroatoms. The fourth-order valence-electron chi connectivity index (χ4n) is 10.2. The lowest BCUT2D eigenvalue weighted by Gasteiger charge is -2.50. The Bertz CT molecular complexity index is 1940. The molecular formula is C44H75NO36. The van der Waals surface area contributed by atoms with E-state index < -0.39 is 267 Å². The van der Waals surface area contributed by atoms with Gasteiger partial charge in [0.05, 0.1) is 46.2 Å². The Morgan fingerprint density at radius 1 is 0.321 bits per heavy atom. The second-order valence-corrected chi connectivity index (χ2v) is 20.4. The van der Waals surface area contributed by atoms with Crippen LogP contribution >= 0.6 is 0 Å². The van der Waals surface area contributed by atoms with Gasteiger partial charge in [0, 0.05) is 6.92 Å². The number of nitrogens with one attached hydrogen (secondary N) is 1. The zero-order chi connectivity index (χ0) is 59.6. The zero-order valence-corrected chi connectivity index (χ0v) is 42.7. The van der Waals surface area contributed by atoms with Crippen LogP contribution in [0.4, 0.5) is 0 Å². The Morgan fingerprint density at radius 3 is 1.09 bits per heavy atom. The molecule has 0 aromatic carbocycles. The molecule has 0 bridgehead atoms. The van der Waals surface area contributed by atoms with Gasteiger partial charge in [0.25, 0.3) is 0 Å². The van der Waals surface area contributed by atoms with Crippen molar-refractivity contribution in [2.24, 2.45) is 0 Å². The second-order valence-electron chi connectivity index (χ2n) is 20.4. The fraction of sp³-hybridized carbons (Fsp3) is 0.977. The van der Waals surface area contributed by atoms with Crippen LogP contribution in [0.3, 0.4) is 0 Å². The zero-order valence-electron chi connectivity index (χ0n) is 42.7. The van der Waals surface area contributed by atoms with Crippen LogP contribution in [0.15, 0.2) is 0 Å². The number of rotatable bonds is 20. The predicted molar refractivity (Wildman–Crippen MR) is 243 cm³/mol. The standard InChI is InChI=1S/C44H75NO36/c1-9(51)45-17-24(58)34(14(6-50)71-38(17)68)78-43-33(67)36(80-44-37(28(62)21(55)13(5-49)75-44)81-42-31(65)27(61)20(54)12(4-48)74-42)23(57)16(77-43)8-70-40-32(66)35(79-41-30(64)26(60)19(53)11(3-47)73-41)22(56)15(76-40)7-69-39-29(63)25(59)18(52)10(2-46)72-39/h10-44,46-50,52-68H,2-8H2,1H3,(H,45,51)/t10-,11-,12-,13-,14-,15-,16-,17-,18-,19-,20-,21-,22-,23-,24-,25+,26+,27+,28+,29+,30+,31+,32+,33+,34-,35+,36+,37+,38-,39+,40+,41-,42-,43+,44-/m1/s1. The molecule has 0 unspecified atom stereocenters. The Labute approximate surface area is 457 Å². The summed E-state index contributed by atoms with van der Waals surface area (Å²) in [5, 5.41) is 238. The highest BCUT2D eigenvalue weighted by Gasteiger charge is 2.58. The van der Waals surface area contributed by atoms with Crippen molar-refractivity contribution in [3.05, 3.63) is 0 Å². The molecule has 1 amide bonds. The summed E-state index contributed by atoms with van der Waals surface area (Å²) in [5.74, 6) is -0.796. The number of carbonyl (C=O) groups excluding carboxylic acids is 1. The molecule has 7 rings (SSSR count). The van der Waals surface area contributed by atoms with Crippen LogP contribution in [-0.4, -0.2) is 379 Å². The number of carbonyl (C=O) groups is 1. The van der Waals surface area contributed by atoms with E-state index in [9.17, 15) is 117 Å². The highest BCUT2D eigenvalue weighted by molar-refractivity contribution is 5.73. The Kier molecular flexibility index (Phi) is 23.6. The van der Waals surface area contributed by atoms with E-state index in [1.54, 1.807) is 0 Å². The minimum atomic E-state index is -2.37. The summed E-state index contributed by atoms with van der Waals surface area (Å²) in [4.78, 5) is 12.1. The van der Waals surface area contributed by atoms with Crippen molar-refractivity contribution >= 4 is 5.91 Å². The number of amides is 1. The van der Waals surface area contributed by atoms with Crippen molar-refractivity contribution in [2.75, 3.05) is 46.2 Å². The summed E-state index contributed by atoms with van der Waals surface area (Å²) >= 11 is 0. The molecular weight excluding hydrogens is 1120 g/mol. The van der Waals surface area contributed by atoms with Gasteiger partial charge < -0.3 is 179 Å². The molecule has 472 valence electrons. The Morgan fingerprint density at radius 2 is 0.642 bits per heavy atom. The van der Waals surface area contributed by atoms with Crippen LogP contribution in [-0.2, 0) is 66.4 Å². The molecule has 0 aliphatic carbocycles. The minimum absolute atomic E-state index is 0.796. The number of hydrogen-bond acceptors (Lipinski definition) is 36. The lowest BCUT2D eigenvalue weighted by Crippen LogP contribution is -2.69. The van der Waals surface area contributed by atoms with Crippen molar-refractivity contribution in [1.29, 1.82) is 0 Å². The molecule has 7 fully saturated rings. The summed E-state index contributed by atoms with van der Waals surface area (Å²) in [6.45, 7) is -5.85. The highest BCUT2D eigenvalue weighted by atomic mass is 16.8. The smallest absolute Gasteiger partial charge is 0.217 e. The summed E-state index contributed by atoms with van der Waals surface area (Å²) < 4.78 is 73.9. The van der Waals surface area contributed by atoms with Crippen LogP contribution in [0, 0.1) is 0 Å². The molecule has 0 aromatic heterocycles. The first-order valence-corrected chi connectivity index (χ1v) is 25.6. The lowest BCUT2D eigenvalue weighted by atomic mass is 9.95. The van der Waals surface area contributed by atoms with Crippen molar-refractivity contribution in [1.82, 2.24) is 5.32 Å². The first-order chi connectivity index (χ1) is 38.3. The van der Waals surface area contributed by atoms with Gasteiger partial charge in [-0.3, -0.25) is 4.79 Å². The fourth-order valence-corrected chi connectivity index (χ4v) is 10.2. The van der Waals surface area contributed by atoms with Crippen molar-refractivity contribution in [3.8, 4) is 0 Å². The summed E-state index contributed by atoms with van der Waals surface area (Å²) in [7, 11) is 0. The third-order valence-electron chi connectivity index (χ3n) is 14.9. The topological polar surface area (TPSA) is 594 Å².